The van der Waals surface area contributed by atoms with E-state index in [1.807, 2.05) is 13.0 Å². The molecular weight excluding hydrogens is 307 g/mol. The molecule has 0 heterocycles. The van der Waals surface area contributed by atoms with Crippen LogP contribution in [0.2, 0.25) is 0 Å². The van der Waals surface area contributed by atoms with Crippen LogP contribution in [0, 0.1) is 6.92 Å². The molecular formula is C8H5Br2ClO. The molecule has 1 aromatic carbocycles. The number of carbonyl (C=O) groups excluding carboxylic acids is 1. The summed E-state index contributed by atoms with van der Waals surface area (Å²) in [4.78, 5) is 10.9. The quantitative estimate of drug-likeness (QED) is 0.719. The van der Waals surface area contributed by atoms with Crippen LogP contribution < -0.4 is 0 Å². The van der Waals surface area contributed by atoms with Crippen molar-refractivity contribution in [3.8, 4) is 0 Å². The van der Waals surface area contributed by atoms with Crippen LogP contribution in [0.3, 0.4) is 0 Å². The van der Waals surface area contributed by atoms with Crippen molar-refractivity contribution in [1.29, 1.82) is 0 Å². The second kappa shape index (κ2) is 3.90. The average Bonchev–Trinajstić information content (AvgIpc) is 1.96. The molecule has 12 heavy (non-hydrogen) atoms. The fourth-order valence-corrected chi connectivity index (χ4v) is 2.11. The van der Waals surface area contributed by atoms with Gasteiger partial charge < -0.3 is 0 Å². The van der Waals surface area contributed by atoms with Gasteiger partial charge in [0.2, 0.25) is 0 Å². The molecule has 4 heteroatoms. The Labute approximate surface area is 92.4 Å². The minimum Gasteiger partial charge on any atom is -0.276 e. The van der Waals surface area contributed by atoms with Gasteiger partial charge in [0.25, 0.3) is 5.24 Å². The minimum atomic E-state index is -0.453. The zero-order chi connectivity index (χ0) is 9.30. The predicted octanol–water partition coefficient (Wildman–Crippen LogP) is 3.90. The highest BCUT2D eigenvalue weighted by Crippen LogP contribution is 2.29. The molecule has 0 saturated carbocycles. The van der Waals surface area contributed by atoms with Crippen LogP contribution in [0.5, 0.6) is 0 Å². The molecule has 0 aliphatic rings. The molecule has 0 atom stereocenters. The maximum Gasteiger partial charge on any atom is 0.253 e. The highest BCUT2D eigenvalue weighted by molar-refractivity contribution is 9.13. The van der Waals surface area contributed by atoms with Crippen LogP contribution in [-0.4, -0.2) is 5.24 Å². The van der Waals surface area contributed by atoms with E-state index in [1.165, 1.54) is 0 Å². The molecule has 0 unspecified atom stereocenters. The van der Waals surface area contributed by atoms with E-state index in [0.717, 1.165) is 10.0 Å². The van der Waals surface area contributed by atoms with Crippen LogP contribution in [0.25, 0.3) is 0 Å². The van der Waals surface area contributed by atoms with Crippen LogP contribution in [0.4, 0.5) is 0 Å². The third-order valence-electron chi connectivity index (χ3n) is 1.38. The van der Waals surface area contributed by atoms with Crippen LogP contribution >= 0.6 is 43.5 Å². The summed E-state index contributed by atoms with van der Waals surface area (Å²) in [5.41, 5.74) is 1.48. The fraction of sp³-hybridized carbons (Fsp3) is 0.125. The summed E-state index contributed by atoms with van der Waals surface area (Å²) in [5, 5.41) is -0.453. The number of carbonyl (C=O) groups is 1. The monoisotopic (exact) mass is 310 g/mol. The summed E-state index contributed by atoms with van der Waals surface area (Å²) in [7, 11) is 0. The number of rotatable bonds is 1. The normalized spacial score (nSPS) is 10.0. The summed E-state index contributed by atoms with van der Waals surface area (Å²) < 4.78 is 1.54. The molecule has 1 aromatic rings. The molecule has 0 bridgehead atoms. The van der Waals surface area contributed by atoms with E-state index in [1.54, 1.807) is 6.07 Å². The van der Waals surface area contributed by atoms with Crippen molar-refractivity contribution in [3.63, 3.8) is 0 Å². The SMILES string of the molecule is Cc1cc(Br)c(Br)c(C(=O)Cl)c1. The molecule has 1 rings (SSSR count). The lowest BCUT2D eigenvalue weighted by Gasteiger charge is -2.02. The Balaban J connectivity index is 3.37. The van der Waals surface area contributed by atoms with E-state index in [2.05, 4.69) is 31.9 Å². The molecule has 0 aromatic heterocycles. The second-order valence-electron chi connectivity index (χ2n) is 2.38. The van der Waals surface area contributed by atoms with Gasteiger partial charge in [-0.05, 0) is 68.1 Å². The number of aryl methyl sites for hydroxylation is 1. The topological polar surface area (TPSA) is 17.1 Å². The van der Waals surface area contributed by atoms with Gasteiger partial charge in [0.1, 0.15) is 0 Å². The third-order valence-corrected chi connectivity index (χ3v) is 3.60. The lowest BCUT2D eigenvalue weighted by atomic mass is 10.2. The zero-order valence-electron chi connectivity index (χ0n) is 6.20. The molecule has 0 spiro atoms. The van der Waals surface area contributed by atoms with E-state index in [4.69, 9.17) is 11.6 Å². The first-order chi connectivity index (χ1) is 5.52. The molecule has 0 saturated heterocycles. The predicted molar refractivity (Wildman–Crippen MR) is 56.8 cm³/mol. The number of hydrogen-bond acceptors (Lipinski definition) is 1. The van der Waals surface area contributed by atoms with Crippen molar-refractivity contribution in [2.24, 2.45) is 0 Å². The van der Waals surface area contributed by atoms with Gasteiger partial charge in [0, 0.05) is 14.5 Å². The van der Waals surface area contributed by atoms with E-state index < -0.39 is 5.24 Å². The van der Waals surface area contributed by atoms with Crippen molar-refractivity contribution in [2.75, 3.05) is 0 Å². The largest absolute Gasteiger partial charge is 0.276 e. The van der Waals surface area contributed by atoms with E-state index in [9.17, 15) is 4.79 Å². The first-order valence-electron chi connectivity index (χ1n) is 3.18. The Kier molecular flexibility index (Phi) is 3.32. The molecule has 0 aliphatic heterocycles. The summed E-state index contributed by atoms with van der Waals surface area (Å²) in [6.45, 7) is 1.90. The summed E-state index contributed by atoms with van der Waals surface area (Å²) in [6.07, 6.45) is 0. The maximum atomic E-state index is 10.9. The lowest BCUT2D eigenvalue weighted by molar-refractivity contribution is 0.108. The standard InChI is InChI=1S/C8H5Br2ClO/c1-4-2-5(8(11)12)7(10)6(9)3-4/h2-3H,1H3. The fourth-order valence-electron chi connectivity index (χ4n) is 0.868. The summed E-state index contributed by atoms with van der Waals surface area (Å²) in [5.74, 6) is 0. The van der Waals surface area contributed by atoms with E-state index in [0.29, 0.717) is 10.0 Å². The van der Waals surface area contributed by atoms with Gasteiger partial charge in [-0.1, -0.05) is 0 Å². The van der Waals surface area contributed by atoms with Crippen LogP contribution in [0.15, 0.2) is 21.1 Å². The Morgan fingerprint density at radius 1 is 1.42 bits per heavy atom. The minimum absolute atomic E-state index is 0.453. The van der Waals surface area contributed by atoms with Gasteiger partial charge >= 0.3 is 0 Å². The van der Waals surface area contributed by atoms with Crippen LogP contribution in [0.1, 0.15) is 15.9 Å². The molecule has 0 aliphatic carbocycles. The number of hydrogen-bond donors (Lipinski definition) is 0. The first kappa shape index (κ1) is 10.2. The van der Waals surface area contributed by atoms with E-state index >= 15 is 0 Å². The Morgan fingerprint density at radius 3 is 2.50 bits per heavy atom. The molecule has 0 fully saturated rings. The molecule has 0 N–H and O–H groups in total. The highest BCUT2D eigenvalue weighted by atomic mass is 79.9. The number of halogens is 3. The van der Waals surface area contributed by atoms with Crippen LogP contribution in [-0.2, 0) is 0 Å². The molecule has 1 nitrogen and oxygen atoms in total. The van der Waals surface area contributed by atoms with Crippen molar-refractivity contribution in [1.82, 2.24) is 0 Å². The Bertz CT molecular complexity index is 336. The molecule has 0 amide bonds. The second-order valence-corrected chi connectivity index (χ2v) is 4.37. The zero-order valence-corrected chi connectivity index (χ0v) is 10.1. The Hall–Kier alpha value is 0.140. The van der Waals surface area contributed by atoms with Crippen molar-refractivity contribution in [3.05, 3.63) is 32.2 Å². The highest BCUT2D eigenvalue weighted by Gasteiger charge is 2.10. The van der Waals surface area contributed by atoms with Gasteiger partial charge in [0.15, 0.2) is 0 Å². The molecule has 64 valence electrons. The van der Waals surface area contributed by atoms with Gasteiger partial charge in [0.05, 0.1) is 0 Å². The van der Waals surface area contributed by atoms with Crippen molar-refractivity contribution in [2.45, 2.75) is 6.92 Å². The van der Waals surface area contributed by atoms with Crippen molar-refractivity contribution < 1.29 is 4.79 Å². The number of benzene rings is 1. The van der Waals surface area contributed by atoms with Gasteiger partial charge in [-0.2, -0.15) is 0 Å². The molecule has 0 radical (unpaired) electrons. The maximum absolute atomic E-state index is 10.9. The van der Waals surface area contributed by atoms with E-state index in [-0.39, 0.29) is 0 Å². The van der Waals surface area contributed by atoms with Gasteiger partial charge in [-0.15, -0.1) is 0 Å². The smallest absolute Gasteiger partial charge is 0.253 e. The summed E-state index contributed by atoms with van der Waals surface area (Å²) in [6, 6.07) is 3.65. The first-order valence-corrected chi connectivity index (χ1v) is 5.14. The third kappa shape index (κ3) is 2.09. The average molecular weight is 312 g/mol. The Morgan fingerprint density at radius 2 is 2.00 bits per heavy atom. The summed E-state index contributed by atoms with van der Waals surface area (Å²) >= 11 is 11.9. The van der Waals surface area contributed by atoms with Gasteiger partial charge in [-0.25, -0.2) is 0 Å². The van der Waals surface area contributed by atoms with Gasteiger partial charge in [-0.3, -0.25) is 4.79 Å². The van der Waals surface area contributed by atoms with Crippen molar-refractivity contribution >= 4 is 48.7 Å². The lowest BCUT2D eigenvalue weighted by Crippen LogP contribution is -1.92.